The Labute approximate surface area is 172 Å². The SMILES string of the molecule is CC#N.CN(CCCc1ccc(C2(C(F)(F)F)CC2)cc1)CCc1ccccc1. The fourth-order valence-corrected chi connectivity index (χ4v) is 3.48. The van der Waals surface area contributed by atoms with E-state index in [2.05, 4.69) is 36.2 Å². The summed E-state index contributed by atoms with van der Waals surface area (Å²) in [4.78, 5) is 2.31. The molecule has 5 heteroatoms. The number of alkyl halides is 3. The van der Waals surface area contributed by atoms with E-state index in [1.807, 2.05) is 18.2 Å². The van der Waals surface area contributed by atoms with Crippen molar-refractivity contribution < 1.29 is 13.2 Å². The minimum Gasteiger partial charge on any atom is -0.306 e. The molecule has 0 amide bonds. The second-order valence-electron chi connectivity index (χ2n) is 7.64. The van der Waals surface area contributed by atoms with Gasteiger partial charge in [-0.15, -0.1) is 0 Å². The van der Waals surface area contributed by atoms with E-state index < -0.39 is 11.6 Å². The van der Waals surface area contributed by atoms with Crippen molar-refractivity contribution in [1.29, 1.82) is 5.26 Å². The fourth-order valence-electron chi connectivity index (χ4n) is 3.48. The predicted octanol–water partition coefficient (Wildman–Crippen LogP) is 5.92. The molecule has 3 rings (SSSR count). The van der Waals surface area contributed by atoms with Gasteiger partial charge in [-0.25, -0.2) is 0 Å². The zero-order chi connectivity index (χ0) is 21.3. The highest BCUT2D eigenvalue weighted by Crippen LogP contribution is 2.58. The van der Waals surface area contributed by atoms with E-state index in [1.165, 1.54) is 12.5 Å². The molecule has 1 saturated carbocycles. The van der Waals surface area contributed by atoms with E-state index in [4.69, 9.17) is 5.26 Å². The molecule has 1 aliphatic carbocycles. The average Bonchev–Trinajstić information content (AvgIpc) is 3.51. The van der Waals surface area contributed by atoms with E-state index in [1.54, 1.807) is 18.2 Å². The number of nitriles is 1. The number of hydrogen-bond acceptors (Lipinski definition) is 2. The number of nitrogens with zero attached hydrogens (tertiary/aromatic N) is 2. The largest absolute Gasteiger partial charge is 0.398 e. The summed E-state index contributed by atoms with van der Waals surface area (Å²) in [5.74, 6) is 0. The van der Waals surface area contributed by atoms with Crippen molar-refractivity contribution in [3.05, 3.63) is 71.3 Å². The molecular weight excluding hydrogens is 373 g/mol. The zero-order valence-electron chi connectivity index (χ0n) is 17.2. The Kier molecular flexibility index (Phi) is 8.28. The van der Waals surface area contributed by atoms with E-state index in [-0.39, 0.29) is 12.8 Å². The van der Waals surface area contributed by atoms with Crippen LogP contribution >= 0.6 is 0 Å². The van der Waals surface area contributed by atoms with Gasteiger partial charge in [0.15, 0.2) is 0 Å². The summed E-state index contributed by atoms with van der Waals surface area (Å²) in [6.45, 7) is 3.43. The topological polar surface area (TPSA) is 27.0 Å². The Bertz CT molecular complexity index is 773. The molecule has 0 saturated heterocycles. The minimum absolute atomic E-state index is 0.224. The summed E-state index contributed by atoms with van der Waals surface area (Å²) in [5.41, 5.74) is 1.31. The van der Waals surface area contributed by atoms with Gasteiger partial charge in [-0.3, -0.25) is 0 Å². The second-order valence-corrected chi connectivity index (χ2v) is 7.64. The van der Waals surface area contributed by atoms with Gasteiger partial charge in [-0.05, 0) is 62.4 Å². The first-order valence-corrected chi connectivity index (χ1v) is 10.0. The third-order valence-electron chi connectivity index (χ3n) is 5.43. The average molecular weight is 403 g/mol. The smallest absolute Gasteiger partial charge is 0.306 e. The number of benzene rings is 2. The Balaban J connectivity index is 0.000000941. The third-order valence-corrected chi connectivity index (χ3v) is 5.43. The highest BCUT2D eigenvalue weighted by atomic mass is 19.4. The van der Waals surface area contributed by atoms with Crippen LogP contribution in [0.4, 0.5) is 13.2 Å². The van der Waals surface area contributed by atoms with Crippen molar-refractivity contribution in [3.63, 3.8) is 0 Å². The Morgan fingerprint density at radius 1 is 0.931 bits per heavy atom. The molecule has 0 bridgehead atoms. The predicted molar refractivity (Wildman–Crippen MR) is 111 cm³/mol. The molecule has 1 aliphatic rings. The summed E-state index contributed by atoms with van der Waals surface area (Å²) in [6, 6.07) is 19.3. The third kappa shape index (κ3) is 6.61. The van der Waals surface area contributed by atoms with Crippen LogP contribution in [0.15, 0.2) is 54.6 Å². The van der Waals surface area contributed by atoms with Gasteiger partial charge in [0, 0.05) is 13.5 Å². The first kappa shape index (κ1) is 23.0. The van der Waals surface area contributed by atoms with Crippen LogP contribution in [0.5, 0.6) is 0 Å². The van der Waals surface area contributed by atoms with Crippen LogP contribution in [-0.2, 0) is 18.3 Å². The van der Waals surface area contributed by atoms with Crippen molar-refractivity contribution in [1.82, 2.24) is 4.90 Å². The molecule has 0 heterocycles. The summed E-state index contributed by atoms with van der Waals surface area (Å²) < 4.78 is 39.5. The lowest BCUT2D eigenvalue weighted by Gasteiger charge is -2.20. The quantitative estimate of drug-likeness (QED) is 0.548. The van der Waals surface area contributed by atoms with Crippen molar-refractivity contribution >= 4 is 0 Å². The number of rotatable bonds is 8. The van der Waals surface area contributed by atoms with E-state index in [0.717, 1.165) is 37.9 Å². The Morgan fingerprint density at radius 2 is 1.48 bits per heavy atom. The summed E-state index contributed by atoms with van der Waals surface area (Å²) in [6.07, 6.45) is -0.740. The maximum atomic E-state index is 13.2. The maximum Gasteiger partial charge on any atom is 0.398 e. The van der Waals surface area contributed by atoms with Crippen molar-refractivity contribution in [2.75, 3.05) is 20.1 Å². The van der Waals surface area contributed by atoms with Crippen LogP contribution in [0, 0.1) is 11.3 Å². The second kappa shape index (κ2) is 10.5. The summed E-state index contributed by atoms with van der Waals surface area (Å²) in [7, 11) is 2.12. The molecule has 2 aromatic rings. The van der Waals surface area contributed by atoms with E-state index >= 15 is 0 Å². The first-order chi connectivity index (χ1) is 13.8. The fraction of sp³-hybridized carbons (Fsp3) is 0.458. The molecule has 0 aromatic heterocycles. The molecular formula is C24H29F3N2. The van der Waals surface area contributed by atoms with Crippen LogP contribution in [-0.4, -0.2) is 31.2 Å². The van der Waals surface area contributed by atoms with Gasteiger partial charge in [0.1, 0.15) is 0 Å². The van der Waals surface area contributed by atoms with Gasteiger partial charge < -0.3 is 4.90 Å². The zero-order valence-corrected chi connectivity index (χ0v) is 17.2. The molecule has 0 unspecified atom stereocenters. The monoisotopic (exact) mass is 402 g/mol. The van der Waals surface area contributed by atoms with E-state index in [9.17, 15) is 13.2 Å². The number of halogens is 3. The normalized spacial score (nSPS) is 14.7. The summed E-state index contributed by atoms with van der Waals surface area (Å²) >= 11 is 0. The van der Waals surface area contributed by atoms with Gasteiger partial charge in [0.25, 0.3) is 0 Å². The van der Waals surface area contributed by atoms with Crippen LogP contribution in [0.25, 0.3) is 0 Å². The van der Waals surface area contributed by atoms with Gasteiger partial charge in [-0.1, -0.05) is 54.6 Å². The lowest BCUT2D eigenvalue weighted by atomic mass is 9.94. The molecule has 0 N–H and O–H groups in total. The Hall–Kier alpha value is -2.32. The molecule has 0 radical (unpaired) electrons. The van der Waals surface area contributed by atoms with Crippen molar-refractivity contribution in [3.8, 4) is 6.07 Å². The Morgan fingerprint density at radius 3 is 2.00 bits per heavy atom. The van der Waals surface area contributed by atoms with Crippen LogP contribution in [0.2, 0.25) is 0 Å². The van der Waals surface area contributed by atoms with Crippen LogP contribution in [0.1, 0.15) is 42.9 Å². The summed E-state index contributed by atoms with van der Waals surface area (Å²) in [5, 5.41) is 7.32. The highest BCUT2D eigenvalue weighted by Gasteiger charge is 2.64. The molecule has 0 atom stereocenters. The molecule has 156 valence electrons. The highest BCUT2D eigenvalue weighted by molar-refractivity contribution is 5.35. The van der Waals surface area contributed by atoms with E-state index in [0.29, 0.717) is 5.56 Å². The van der Waals surface area contributed by atoms with Crippen LogP contribution in [0.3, 0.4) is 0 Å². The molecule has 2 nitrogen and oxygen atoms in total. The van der Waals surface area contributed by atoms with Gasteiger partial charge in [0.2, 0.25) is 0 Å². The van der Waals surface area contributed by atoms with Gasteiger partial charge in [0.05, 0.1) is 11.5 Å². The van der Waals surface area contributed by atoms with Crippen LogP contribution < -0.4 is 0 Å². The number of likely N-dealkylation sites (N-methyl/N-ethyl adjacent to an activating group) is 1. The van der Waals surface area contributed by atoms with Gasteiger partial charge >= 0.3 is 6.18 Å². The maximum absolute atomic E-state index is 13.2. The lowest BCUT2D eigenvalue weighted by molar-refractivity contribution is -0.160. The number of hydrogen-bond donors (Lipinski definition) is 0. The molecule has 0 spiro atoms. The minimum atomic E-state index is -4.13. The van der Waals surface area contributed by atoms with Gasteiger partial charge in [-0.2, -0.15) is 18.4 Å². The molecule has 0 aliphatic heterocycles. The molecule has 1 fully saturated rings. The molecule has 29 heavy (non-hydrogen) atoms. The first-order valence-electron chi connectivity index (χ1n) is 10.0. The lowest BCUT2D eigenvalue weighted by Crippen LogP contribution is -2.28. The van der Waals surface area contributed by atoms with Crippen molar-refractivity contribution in [2.24, 2.45) is 0 Å². The van der Waals surface area contributed by atoms with Crippen molar-refractivity contribution in [2.45, 2.75) is 50.6 Å². The molecule has 2 aromatic carbocycles. The number of aryl methyl sites for hydroxylation is 1. The standard InChI is InChI=1S/C22H26F3N.C2H3N/c1-26(17-13-18-6-3-2-4-7-18)16-5-8-19-9-11-20(12-10-19)21(14-15-21)22(23,24)25;1-2-3/h2-4,6-7,9-12H,5,8,13-17H2,1H3;1H3.